The van der Waals surface area contributed by atoms with E-state index in [-0.39, 0.29) is 0 Å². The molecule has 0 aliphatic heterocycles. The van der Waals surface area contributed by atoms with Crippen LogP contribution in [0, 0.1) is 39.9 Å². The van der Waals surface area contributed by atoms with E-state index in [4.69, 9.17) is 0 Å². The summed E-state index contributed by atoms with van der Waals surface area (Å²) < 4.78 is 0. The van der Waals surface area contributed by atoms with Crippen molar-refractivity contribution in [1.82, 2.24) is 0 Å². The zero-order valence-corrected chi connectivity index (χ0v) is 16.2. The molecule has 4 aliphatic rings. The van der Waals surface area contributed by atoms with Gasteiger partial charge in [-0.2, -0.15) is 0 Å². The molecule has 0 radical (unpaired) electrons. The first-order valence-electron chi connectivity index (χ1n) is 10.3. The van der Waals surface area contributed by atoms with Crippen molar-refractivity contribution in [3.8, 4) is 0 Å². The molecule has 0 aromatic rings. The number of hydrogen-bond donors (Lipinski definition) is 1. The molecule has 6 unspecified atom stereocenters. The highest BCUT2D eigenvalue weighted by Crippen LogP contribution is 2.78. The second kappa shape index (κ2) is 5.22. The van der Waals surface area contributed by atoms with Crippen molar-refractivity contribution >= 4 is 0 Å². The lowest BCUT2D eigenvalue weighted by atomic mass is 9.50. The number of rotatable bonds is 3. The largest absolute Gasteiger partial charge is 0.396 e. The second-order valence-electron chi connectivity index (χ2n) is 10.4. The molecule has 3 fully saturated rings. The second-order valence-corrected chi connectivity index (χ2v) is 10.4. The maximum Gasteiger partial charge on any atom is 0.0431 e. The van der Waals surface area contributed by atoms with Crippen LogP contribution in [-0.2, 0) is 0 Å². The molecule has 134 valence electrons. The Labute approximate surface area is 148 Å². The maximum atomic E-state index is 9.20. The van der Waals surface area contributed by atoms with Gasteiger partial charge in [0.05, 0.1) is 0 Å². The fourth-order valence-corrected chi connectivity index (χ4v) is 7.61. The highest BCUT2D eigenvalue weighted by molar-refractivity contribution is 5.47. The molecule has 0 amide bonds. The van der Waals surface area contributed by atoms with Crippen LogP contribution in [-0.4, -0.2) is 11.7 Å². The van der Waals surface area contributed by atoms with Gasteiger partial charge in [0.15, 0.2) is 0 Å². The van der Waals surface area contributed by atoms with E-state index in [0.717, 1.165) is 30.1 Å². The molecular formula is C23H36O. The third kappa shape index (κ3) is 2.03. The predicted octanol–water partition coefficient (Wildman–Crippen LogP) is 5.75. The Morgan fingerprint density at radius 1 is 1.21 bits per heavy atom. The fourth-order valence-electron chi connectivity index (χ4n) is 7.61. The first-order chi connectivity index (χ1) is 11.3. The topological polar surface area (TPSA) is 20.2 Å². The molecule has 0 heterocycles. The normalized spacial score (nSPS) is 48.9. The Morgan fingerprint density at radius 2 is 1.92 bits per heavy atom. The number of fused-ring (bicyclic) bond motifs is 4. The third-order valence-corrected chi connectivity index (χ3v) is 8.91. The van der Waals surface area contributed by atoms with Crippen LogP contribution in [0.25, 0.3) is 0 Å². The van der Waals surface area contributed by atoms with E-state index >= 15 is 0 Å². The minimum Gasteiger partial charge on any atom is -0.396 e. The van der Waals surface area contributed by atoms with E-state index in [0.29, 0.717) is 22.9 Å². The number of allylic oxidation sites excluding steroid dienone is 3. The van der Waals surface area contributed by atoms with Gasteiger partial charge in [-0.25, -0.2) is 0 Å². The standard InChI is InChI=1S/C23H36O/c1-15-13-18-22(5,20-19(15)21(20,3)4)16(2)8-10-23(18)11-9-17(14-23)7-6-12-24/h13,16-17,19-20,24H,1,6-12,14H2,2-5H3. The first-order valence-corrected chi connectivity index (χ1v) is 10.3. The molecule has 0 aromatic carbocycles. The van der Waals surface area contributed by atoms with Crippen LogP contribution < -0.4 is 0 Å². The van der Waals surface area contributed by atoms with E-state index in [1.807, 2.05) is 0 Å². The lowest BCUT2D eigenvalue weighted by Crippen LogP contribution is -2.45. The first kappa shape index (κ1) is 16.9. The Balaban J connectivity index is 1.69. The minimum atomic E-state index is 0.357. The number of aliphatic hydroxyl groups is 1. The Hall–Kier alpha value is -0.560. The van der Waals surface area contributed by atoms with Gasteiger partial charge in [0, 0.05) is 6.61 Å². The van der Waals surface area contributed by atoms with Crippen molar-refractivity contribution in [3.63, 3.8) is 0 Å². The van der Waals surface area contributed by atoms with Crippen LogP contribution in [0.2, 0.25) is 0 Å². The molecule has 1 spiro atoms. The van der Waals surface area contributed by atoms with Crippen molar-refractivity contribution in [2.75, 3.05) is 6.61 Å². The van der Waals surface area contributed by atoms with Gasteiger partial charge < -0.3 is 5.11 Å². The summed E-state index contributed by atoms with van der Waals surface area (Å²) >= 11 is 0. The lowest BCUT2D eigenvalue weighted by molar-refractivity contribution is 0.0704. The van der Waals surface area contributed by atoms with Crippen LogP contribution in [0.1, 0.15) is 72.6 Å². The van der Waals surface area contributed by atoms with Crippen molar-refractivity contribution in [2.24, 2.45) is 39.9 Å². The molecule has 3 saturated carbocycles. The monoisotopic (exact) mass is 328 g/mol. The van der Waals surface area contributed by atoms with Crippen LogP contribution in [0.4, 0.5) is 0 Å². The molecular weight excluding hydrogens is 292 g/mol. The summed E-state index contributed by atoms with van der Waals surface area (Å²) in [5.74, 6) is 3.15. The molecule has 1 N–H and O–H groups in total. The molecule has 4 rings (SSSR count). The summed E-state index contributed by atoms with van der Waals surface area (Å²) in [6, 6.07) is 0. The summed E-state index contributed by atoms with van der Waals surface area (Å²) in [5, 5.41) is 9.20. The smallest absolute Gasteiger partial charge is 0.0431 e. The number of hydrogen-bond acceptors (Lipinski definition) is 1. The molecule has 1 heteroatoms. The lowest BCUT2D eigenvalue weighted by Gasteiger charge is -2.54. The fraction of sp³-hybridized carbons (Fsp3) is 0.826. The molecule has 1 nitrogen and oxygen atoms in total. The van der Waals surface area contributed by atoms with Gasteiger partial charge in [-0.05, 0) is 84.9 Å². The van der Waals surface area contributed by atoms with Crippen LogP contribution in [0.15, 0.2) is 23.8 Å². The summed E-state index contributed by atoms with van der Waals surface area (Å²) in [5.41, 5.74) is 4.49. The molecule has 6 atom stereocenters. The molecule has 4 aliphatic carbocycles. The highest BCUT2D eigenvalue weighted by Gasteiger charge is 2.71. The zero-order chi connectivity index (χ0) is 17.3. The van der Waals surface area contributed by atoms with Crippen molar-refractivity contribution in [2.45, 2.75) is 72.6 Å². The summed E-state index contributed by atoms with van der Waals surface area (Å²) in [6.45, 7) is 14.9. The van der Waals surface area contributed by atoms with E-state index in [1.165, 1.54) is 44.1 Å². The van der Waals surface area contributed by atoms with Crippen molar-refractivity contribution in [3.05, 3.63) is 23.8 Å². The summed E-state index contributed by atoms with van der Waals surface area (Å²) in [6.07, 6.45) is 11.7. The molecule has 0 bridgehead atoms. The minimum absolute atomic E-state index is 0.357. The van der Waals surface area contributed by atoms with Crippen molar-refractivity contribution < 1.29 is 5.11 Å². The van der Waals surface area contributed by atoms with Crippen molar-refractivity contribution in [1.29, 1.82) is 0 Å². The van der Waals surface area contributed by atoms with Gasteiger partial charge in [-0.15, -0.1) is 0 Å². The van der Waals surface area contributed by atoms with E-state index in [9.17, 15) is 5.11 Å². The Bertz CT molecular complexity index is 585. The highest BCUT2D eigenvalue weighted by atomic mass is 16.2. The van der Waals surface area contributed by atoms with Crippen LogP contribution in [0.3, 0.4) is 0 Å². The van der Waals surface area contributed by atoms with E-state index < -0.39 is 0 Å². The Kier molecular flexibility index (Phi) is 3.67. The Morgan fingerprint density at radius 3 is 2.62 bits per heavy atom. The predicted molar refractivity (Wildman–Crippen MR) is 101 cm³/mol. The van der Waals surface area contributed by atoms with Gasteiger partial charge in [0.1, 0.15) is 0 Å². The van der Waals surface area contributed by atoms with Gasteiger partial charge >= 0.3 is 0 Å². The maximum absolute atomic E-state index is 9.20. The average Bonchev–Trinajstić information content (AvgIpc) is 2.93. The van der Waals surface area contributed by atoms with Gasteiger partial charge in [0.25, 0.3) is 0 Å². The van der Waals surface area contributed by atoms with E-state index in [1.54, 1.807) is 5.57 Å². The van der Waals surface area contributed by atoms with Gasteiger partial charge in [0.2, 0.25) is 0 Å². The van der Waals surface area contributed by atoms with Crippen LogP contribution >= 0.6 is 0 Å². The summed E-state index contributed by atoms with van der Waals surface area (Å²) in [4.78, 5) is 0. The zero-order valence-electron chi connectivity index (χ0n) is 16.2. The molecule has 0 aromatic heterocycles. The number of aliphatic hydroxyl groups excluding tert-OH is 1. The third-order valence-electron chi connectivity index (χ3n) is 8.91. The average molecular weight is 329 g/mol. The van der Waals surface area contributed by atoms with Crippen LogP contribution in [0.5, 0.6) is 0 Å². The van der Waals surface area contributed by atoms with Gasteiger partial charge in [-0.3, -0.25) is 0 Å². The molecule has 0 saturated heterocycles. The quantitative estimate of drug-likeness (QED) is 0.699. The van der Waals surface area contributed by atoms with Gasteiger partial charge in [-0.1, -0.05) is 51.5 Å². The van der Waals surface area contributed by atoms with E-state index in [2.05, 4.69) is 40.3 Å². The molecule has 24 heavy (non-hydrogen) atoms. The SMILES string of the molecule is C=C1C=C2C3(CCC(CCCO)C3)CCC(C)C2(C)C2C1C2(C)C. The summed E-state index contributed by atoms with van der Waals surface area (Å²) in [7, 11) is 0.